The second-order valence-corrected chi connectivity index (χ2v) is 8.20. The SMILES string of the molecule is COCCn1cnc2cc(N3CCN(c4nc5ccccc5c(=O)n4C)CC3)ccc2c1=O. The first-order valence-corrected chi connectivity index (χ1v) is 11.0. The number of rotatable bonds is 5. The van der Waals surface area contributed by atoms with Crippen LogP contribution in [0.2, 0.25) is 0 Å². The van der Waals surface area contributed by atoms with E-state index in [1.54, 1.807) is 29.6 Å². The monoisotopic (exact) mass is 446 g/mol. The molecular weight excluding hydrogens is 420 g/mol. The van der Waals surface area contributed by atoms with Crippen molar-refractivity contribution in [2.75, 3.05) is 49.7 Å². The van der Waals surface area contributed by atoms with Crippen molar-refractivity contribution in [2.45, 2.75) is 6.54 Å². The van der Waals surface area contributed by atoms with Crippen LogP contribution in [0, 0.1) is 0 Å². The zero-order chi connectivity index (χ0) is 22.9. The fraction of sp³-hybridized carbons (Fsp3) is 0.333. The van der Waals surface area contributed by atoms with Gasteiger partial charge in [-0.1, -0.05) is 12.1 Å². The van der Waals surface area contributed by atoms with Crippen LogP contribution in [0.5, 0.6) is 0 Å². The van der Waals surface area contributed by atoms with Crippen LogP contribution in [0.25, 0.3) is 21.8 Å². The van der Waals surface area contributed by atoms with Gasteiger partial charge in [-0.2, -0.15) is 0 Å². The molecule has 0 atom stereocenters. The third-order valence-corrected chi connectivity index (χ3v) is 6.23. The largest absolute Gasteiger partial charge is 0.383 e. The summed E-state index contributed by atoms with van der Waals surface area (Å²) < 4.78 is 8.27. The lowest BCUT2D eigenvalue weighted by Crippen LogP contribution is -2.48. The number of para-hydroxylation sites is 1. The quantitative estimate of drug-likeness (QED) is 0.461. The fourth-order valence-electron chi connectivity index (χ4n) is 4.35. The van der Waals surface area contributed by atoms with E-state index in [0.29, 0.717) is 35.4 Å². The van der Waals surface area contributed by atoms with E-state index in [0.717, 1.165) is 37.4 Å². The Labute approximate surface area is 190 Å². The van der Waals surface area contributed by atoms with Crippen molar-refractivity contribution >= 4 is 33.4 Å². The number of benzene rings is 2. The van der Waals surface area contributed by atoms with Crippen molar-refractivity contribution < 1.29 is 4.74 Å². The maximum Gasteiger partial charge on any atom is 0.262 e. The van der Waals surface area contributed by atoms with Gasteiger partial charge in [0.1, 0.15) is 0 Å². The minimum Gasteiger partial charge on any atom is -0.383 e. The molecule has 0 spiro atoms. The molecule has 0 bridgehead atoms. The summed E-state index contributed by atoms with van der Waals surface area (Å²) in [6.45, 7) is 3.98. The molecule has 0 amide bonds. The van der Waals surface area contributed by atoms with Gasteiger partial charge < -0.3 is 14.5 Å². The number of anilines is 2. The van der Waals surface area contributed by atoms with Crippen LogP contribution >= 0.6 is 0 Å². The molecule has 0 aliphatic carbocycles. The van der Waals surface area contributed by atoms with Crippen LogP contribution in [0.1, 0.15) is 0 Å². The number of ether oxygens (including phenoxy) is 1. The van der Waals surface area contributed by atoms with Gasteiger partial charge >= 0.3 is 0 Å². The maximum atomic E-state index is 12.8. The predicted molar refractivity (Wildman–Crippen MR) is 129 cm³/mol. The Morgan fingerprint density at radius 2 is 1.64 bits per heavy atom. The first kappa shape index (κ1) is 21.1. The van der Waals surface area contributed by atoms with E-state index in [9.17, 15) is 9.59 Å². The Morgan fingerprint density at radius 1 is 0.909 bits per heavy atom. The number of hydrogen-bond acceptors (Lipinski definition) is 7. The average molecular weight is 447 g/mol. The molecule has 3 heterocycles. The Morgan fingerprint density at radius 3 is 2.42 bits per heavy atom. The van der Waals surface area contributed by atoms with E-state index in [1.807, 2.05) is 42.5 Å². The van der Waals surface area contributed by atoms with Crippen LogP contribution in [0.15, 0.2) is 58.4 Å². The Hall–Kier alpha value is -3.72. The summed E-state index contributed by atoms with van der Waals surface area (Å²) in [6.07, 6.45) is 1.58. The fourth-order valence-corrected chi connectivity index (χ4v) is 4.35. The van der Waals surface area contributed by atoms with Crippen LogP contribution in [-0.2, 0) is 18.3 Å². The topological polar surface area (TPSA) is 85.5 Å². The highest BCUT2D eigenvalue weighted by Crippen LogP contribution is 2.22. The summed E-state index contributed by atoms with van der Waals surface area (Å²) in [5.41, 5.74) is 2.34. The van der Waals surface area contributed by atoms with E-state index >= 15 is 0 Å². The van der Waals surface area contributed by atoms with Gasteiger partial charge in [0.15, 0.2) is 0 Å². The van der Waals surface area contributed by atoms with Gasteiger partial charge in [0.25, 0.3) is 11.1 Å². The van der Waals surface area contributed by atoms with Gasteiger partial charge in [-0.15, -0.1) is 0 Å². The second kappa shape index (κ2) is 8.67. The van der Waals surface area contributed by atoms with E-state index in [1.165, 1.54) is 0 Å². The lowest BCUT2D eigenvalue weighted by Gasteiger charge is -2.37. The van der Waals surface area contributed by atoms with Crippen LogP contribution in [0.3, 0.4) is 0 Å². The zero-order valence-corrected chi connectivity index (χ0v) is 18.8. The Bertz CT molecular complexity index is 1440. The molecule has 2 aromatic carbocycles. The molecule has 1 aliphatic rings. The Kier molecular flexibility index (Phi) is 5.55. The van der Waals surface area contributed by atoms with Crippen molar-refractivity contribution in [1.82, 2.24) is 19.1 Å². The number of nitrogens with zero attached hydrogens (tertiary/aromatic N) is 6. The Balaban J connectivity index is 1.36. The first-order chi connectivity index (χ1) is 16.1. The van der Waals surface area contributed by atoms with Crippen LogP contribution in [-0.4, -0.2) is 59.0 Å². The molecule has 0 radical (unpaired) electrons. The van der Waals surface area contributed by atoms with Gasteiger partial charge in [-0.05, 0) is 30.3 Å². The summed E-state index contributed by atoms with van der Waals surface area (Å²) in [5, 5.41) is 1.23. The average Bonchev–Trinajstić information content (AvgIpc) is 2.86. The second-order valence-electron chi connectivity index (χ2n) is 8.20. The van der Waals surface area contributed by atoms with Gasteiger partial charge in [0.2, 0.25) is 5.95 Å². The van der Waals surface area contributed by atoms with Gasteiger partial charge in [0, 0.05) is 46.0 Å². The molecule has 1 saturated heterocycles. The molecule has 1 aliphatic heterocycles. The molecular formula is C24H26N6O3. The molecule has 170 valence electrons. The number of aromatic nitrogens is 4. The van der Waals surface area contributed by atoms with Crippen molar-refractivity contribution in [3.8, 4) is 0 Å². The highest BCUT2D eigenvalue weighted by molar-refractivity contribution is 5.81. The molecule has 1 fully saturated rings. The van der Waals surface area contributed by atoms with Crippen LogP contribution in [0.4, 0.5) is 11.6 Å². The first-order valence-electron chi connectivity index (χ1n) is 11.0. The lowest BCUT2D eigenvalue weighted by molar-refractivity contribution is 0.186. The third-order valence-electron chi connectivity index (χ3n) is 6.23. The van der Waals surface area contributed by atoms with E-state index < -0.39 is 0 Å². The van der Waals surface area contributed by atoms with E-state index in [2.05, 4.69) is 14.8 Å². The molecule has 0 unspecified atom stereocenters. The minimum absolute atomic E-state index is 0.0326. The van der Waals surface area contributed by atoms with Crippen molar-refractivity contribution in [2.24, 2.45) is 7.05 Å². The summed E-state index contributed by atoms with van der Waals surface area (Å²) in [5.74, 6) is 0.690. The third kappa shape index (κ3) is 3.84. The summed E-state index contributed by atoms with van der Waals surface area (Å²) in [4.78, 5) is 39.1. The molecule has 33 heavy (non-hydrogen) atoms. The molecule has 4 aromatic rings. The molecule has 9 heteroatoms. The summed E-state index contributed by atoms with van der Waals surface area (Å²) in [7, 11) is 3.39. The van der Waals surface area contributed by atoms with Gasteiger partial charge in [-0.25, -0.2) is 9.97 Å². The summed E-state index contributed by atoms with van der Waals surface area (Å²) in [6, 6.07) is 13.2. The smallest absolute Gasteiger partial charge is 0.262 e. The summed E-state index contributed by atoms with van der Waals surface area (Å²) >= 11 is 0. The van der Waals surface area contributed by atoms with Crippen molar-refractivity contribution in [3.05, 3.63) is 69.5 Å². The predicted octanol–water partition coefficient (Wildman–Crippen LogP) is 1.62. The zero-order valence-electron chi connectivity index (χ0n) is 18.8. The number of piperazine rings is 1. The minimum atomic E-state index is -0.0586. The molecule has 0 N–H and O–H groups in total. The highest BCUT2D eigenvalue weighted by Gasteiger charge is 2.22. The highest BCUT2D eigenvalue weighted by atomic mass is 16.5. The number of fused-ring (bicyclic) bond motifs is 2. The standard InChI is InChI=1S/C24H26N6O3/c1-27-22(31)18-5-3-4-6-20(18)26-24(27)29-11-9-28(10-12-29)17-7-8-19-21(15-17)25-16-30(23(19)32)13-14-33-2/h3-8,15-16H,9-14H2,1-2H3. The van der Waals surface area contributed by atoms with Crippen LogP contribution < -0.4 is 20.9 Å². The molecule has 2 aromatic heterocycles. The number of hydrogen-bond donors (Lipinski definition) is 0. The van der Waals surface area contributed by atoms with Gasteiger partial charge in [0.05, 0.1) is 41.3 Å². The normalized spacial score (nSPS) is 14.4. The lowest BCUT2D eigenvalue weighted by atomic mass is 10.2. The molecule has 0 saturated carbocycles. The van der Waals surface area contributed by atoms with Gasteiger partial charge in [-0.3, -0.25) is 18.7 Å². The van der Waals surface area contributed by atoms with Crippen molar-refractivity contribution in [1.29, 1.82) is 0 Å². The maximum absolute atomic E-state index is 12.8. The van der Waals surface area contributed by atoms with Crippen molar-refractivity contribution in [3.63, 3.8) is 0 Å². The van der Waals surface area contributed by atoms with E-state index in [-0.39, 0.29) is 11.1 Å². The number of methoxy groups -OCH3 is 1. The molecule has 5 rings (SSSR count). The van der Waals surface area contributed by atoms with E-state index in [4.69, 9.17) is 9.72 Å². The molecule has 9 nitrogen and oxygen atoms in total.